The highest BCUT2D eigenvalue weighted by Crippen LogP contribution is 2.48. The van der Waals surface area contributed by atoms with Gasteiger partial charge in [-0.3, -0.25) is 9.59 Å². The first-order valence-corrected chi connectivity index (χ1v) is 7.79. The van der Waals surface area contributed by atoms with Crippen LogP contribution in [0.2, 0.25) is 0 Å². The van der Waals surface area contributed by atoms with E-state index in [4.69, 9.17) is 0 Å². The third-order valence-corrected chi connectivity index (χ3v) is 5.49. The lowest BCUT2D eigenvalue weighted by Crippen LogP contribution is -2.47. The van der Waals surface area contributed by atoms with E-state index in [2.05, 4.69) is 12.2 Å². The smallest absolute Gasteiger partial charge is 0.307 e. The minimum absolute atomic E-state index is 0.0343. The Morgan fingerprint density at radius 2 is 1.75 bits per heavy atom. The summed E-state index contributed by atoms with van der Waals surface area (Å²) in [6.45, 7) is 2.18. The molecule has 0 aromatic rings. The van der Waals surface area contributed by atoms with Crippen LogP contribution in [-0.2, 0) is 9.59 Å². The maximum atomic E-state index is 12.6. The molecule has 0 aromatic heterocycles. The first kappa shape index (κ1) is 13.7. The lowest BCUT2D eigenvalue weighted by Gasteiger charge is -2.32. The molecule has 3 rings (SSSR count). The van der Waals surface area contributed by atoms with Crippen molar-refractivity contribution in [1.29, 1.82) is 0 Å². The highest BCUT2D eigenvalue weighted by Gasteiger charge is 2.51. The van der Waals surface area contributed by atoms with Crippen molar-refractivity contribution >= 4 is 11.9 Å². The maximum Gasteiger partial charge on any atom is 0.307 e. The summed E-state index contributed by atoms with van der Waals surface area (Å²) >= 11 is 0. The lowest BCUT2D eigenvalue weighted by molar-refractivity contribution is -0.148. The van der Waals surface area contributed by atoms with Crippen molar-refractivity contribution < 1.29 is 14.7 Å². The van der Waals surface area contributed by atoms with Gasteiger partial charge in [-0.05, 0) is 37.0 Å². The SMILES string of the molecule is CC1CCCCC1NC(=O)C1C2C=CC(C2)C1C(=O)O. The zero-order valence-corrected chi connectivity index (χ0v) is 11.9. The van der Waals surface area contributed by atoms with Gasteiger partial charge in [-0.15, -0.1) is 0 Å². The maximum absolute atomic E-state index is 12.6. The van der Waals surface area contributed by atoms with Gasteiger partial charge in [0, 0.05) is 6.04 Å². The van der Waals surface area contributed by atoms with Crippen LogP contribution in [0.1, 0.15) is 39.0 Å². The second-order valence-electron chi connectivity index (χ2n) is 6.71. The van der Waals surface area contributed by atoms with Crippen LogP contribution in [0.3, 0.4) is 0 Å². The predicted molar refractivity (Wildman–Crippen MR) is 74.9 cm³/mol. The largest absolute Gasteiger partial charge is 0.481 e. The fourth-order valence-electron chi connectivity index (χ4n) is 4.33. The third-order valence-electron chi connectivity index (χ3n) is 5.49. The molecule has 4 nitrogen and oxygen atoms in total. The van der Waals surface area contributed by atoms with Gasteiger partial charge < -0.3 is 10.4 Å². The van der Waals surface area contributed by atoms with Gasteiger partial charge >= 0.3 is 5.97 Å². The number of allylic oxidation sites excluding steroid dienone is 2. The molecule has 2 N–H and O–H groups in total. The van der Waals surface area contributed by atoms with E-state index in [0.29, 0.717) is 5.92 Å². The number of carbonyl (C=O) groups excluding carboxylic acids is 1. The van der Waals surface area contributed by atoms with E-state index in [1.165, 1.54) is 6.42 Å². The highest BCUT2D eigenvalue weighted by atomic mass is 16.4. The molecule has 3 aliphatic carbocycles. The van der Waals surface area contributed by atoms with Crippen molar-refractivity contribution in [1.82, 2.24) is 5.32 Å². The normalized spacial score (nSPS) is 42.6. The number of hydrogen-bond donors (Lipinski definition) is 2. The summed E-state index contributed by atoms with van der Waals surface area (Å²) in [6.07, 6.45) is 9.44. The molecule has 3 aliphatic rings. The van der Waals surface area contributed by atoms with Crippen LogP contribution in [0.4, 0.5) is 0 Å². The molecule has 0 aromatic carbocycles. The topological polar surface area (TPSA) is 66.4 Å². The lowest BCUT2D eigenvalue weighted by atomic mass is 9.81. The van der Waals surface area contributed by atoms with Crippen molar-refractivity contribution in [2.24, 2.45) is 29.6 Å². The van der Waals surface area contributed by atoms with Crippen LogP contribution in [-0.4, -0.2) is 23.0 Å². The number of carbonyl (C=O) groups is 2. The van der Waals surface area contributed by atoms with Crippen molar-refractivity contribution in [3.8, 4) is 0 Å². The Kier molecular flexibility index (Phi) is 3.57. The molecule has 110 valence electrons. The van der Waals surface area contributed by atoms with Gasteiger partial charge in [0.15, 0.2) is 0 Å². The standard InChI is InChI=1S/C16H23NO3/c1-9-4-2-3-5-12(9)17-15(18)13-10-6-7-11(8-10)14(13)16(19)20/h6-7,9-14H,2-5,8H2,1H3,(H,17,18)(H,19,20). The Morgan fingerprint density at radius 3 is 2.40 bits per heavy atom. The number of aliphatic carboxylic acids is 1. The monoisotopic (exact) mass is 277 g/mol. The number of nitrogens with one attached hydrogen (secondary N) is 1. The Balaban J connectivity index is 1.70. The summed E-state index contributed by atoms with van der Waals surface area (Å²) in [5.74, 6) is -1.06. The number of hydrogen-bond acceptors (Lipinski definition) is 2. The number of amides is 1. The second-order valence-corrected chi connectivity index (χ2v) is 6.71. The van der Waals surface area contributed by atoms with E-state index in [1.54, 1.807) is 0 Å². The molecule has 0 aliphatic heterocycles. The third kappa shape index (κ3) is 2.25. The average molecular weight is 277 g/mol. The summed E-state index contributed by atoms with van der Waals surface area (Å²) in [4.78, 5) is 24.0. The molecular weight excluding hydrogens is 254 g/mol. The summed E-state index contributed by atoms with van der Waals surface area (Å²) in [5.41, 5.74) is 0. The van der Waals surface area contributed by atoms with Crippen molar-refractivity contribution in [2.75, 3.05) is 0 Å². The minimum atomic E-state index is -0.821. The van der Waals surface area contributed by atoms with Gasteiger partial charge in [-0.1, -0.05) is 31.9 Å². The fraction of sp³-hybridized carbons (Fsp3) is 0.750. The van der Waals surface area contributed by atoms with E-state index < -0.39 is 11.9 Å². The van der Waals surface area contributed by atoms with Crippen LogP contribution in [0.5, 0.6) is 0 Å². The second kappa shape index (κ2) is 5.23. The molecule has 4 heteroatoms. The van der Waals surface area contributed by atoms with Crippen LogP contribution in [0.25, 0.3) is 0 Å². The van der Waals surface area contributed by atoms with Gasteiger partial charge in [-0.25, -0.2) is 0 Å². The zero-order valence-electron chi connectivity index (χ0n) is 11.9. The van der Waals surface area contributed by atoms with Gasteiger partial charge in [0.25, 0.3) is 0 Å². The first-order chi connectivity index (χ1) is 9.58. The van der Waals surface area contributed by atoms with Gasteiger partial charge in [0.1, 0.15) is 0 Å². The van der Waals surface area contributed by atoms with Crippen molar-refractivity contribution in [2.45, 2.75) is 45.1 Å². The Bertz CT molecular complexity index is 445. The van der Waals surface area contributed by atoms with Gasteiger partial charge in [0.05, 0.1) is 11.8 Å². The molecule has 2 fully saturated rings. The fourth-order valence-corrected chi connectivity index (χ4v) is 4.33. The van der Waals surface area contributed by atoms with E-state index in [-0.39, 0.29) is 29.7 Å². The number of carboxylic acids is 1. The quantitative estimate of drug-likeness (QED) is 0.777. The first-order valence-electron chi connectivity index (χ1n) is 7.79. The highest BCUT2D eigenvalue weighted by molar-refractivity contribution is 5.87. The predicted octanol–water partition coefficient (Wildman–Crippen LogP) is 2.20. The molecule has 6 atom stereocenters. The van der Waals surface area contributed by atoms with Crippen LogP contribution >= 0.6 is 0 Å². The molecule has 0 radical (unpaired) electrons. The molecular formula is C16H23NO3. The summed E-state index contributed by atoms with van der Waals surface area (Å²) < 4.78 is 0. The Morgan fingerprint density at radius 1 is 1.10 bits per heavy atom. The van der Waals surface area contributed by atoms with Gasteiger partial charge in [0.2, 0.25) is 5.91 Å². The Labute approximate surface area is 119 Å². The number of rotatable bonds is 3. The molecule has 0 heterocycles. The van der Waals surface area contributed by atoms with E-state index >= 15 is 0 Å². The number of fused-ring (bicyclic) bond motifs is 2. The Hall–Kier alpha value is -1.32. The molecule has 2 saturated carbocycles. The van der Waals surface area contributed by atoms with Crippen LogP contribution in [0.15, 0.2) is 12.2 Å². The molecule has 0 spiro atoms. The molecule has 6 unspecified atom stereocenters. The molecule has 2 bridgehead atoms. The van der Waals surface area contributed by atoms with Crippen LogP contribution in [0, 0.1) is 29.6 Å². The number of carboxylic acid groups (broad SMARTS) is 1. The summed E-state index contributed by atoms with van der Waals surface area (Å²) in [5, 5.41) is 12.5. The van der Waals surface area contributed by atoms with E-state index in [1.807, 2.05) is 12.2 Å². The van der Waals surface area contributed by atoms with E-state index in [0.717, 1.165) is 25.7 Å². The van der Waals surface area contributed by atoms with Crippen molar-refractivity contribution in [3.63, 3.8) is 0 Å². The van der Waals surface area contributed by atoms with Gasteiger partial charge in [-0.2, -0.15) is 0 Å². The van der Waals surface area contributed by atoms with Crippen molar-refractivity contribution in [3.05, 3.63) is 12.2 Å². The molecule has 1 amide bonds. The minimum Gasteiger partial charge on any atom is -0.481 e. The van der Waals surface area contributed by atoms with E-state index in [9.17, 15) is 14.7 Å². The molecule has 20 heavy (non-hydrogen) atoms. The summed E-state index contributed by atoms with van der Waals surface area (Å²) in [6, 6.07) is 0.230. The zero-order chi connectivity index (χ0) is 14.3. The average Bonchev–Trinajstić information content (AvgIpc) is 3.01. The molecule has 0 saturated heterocycles. The summed E-state index contributed by atoms with van der Waals surface area (Å²) in [7, 11) is 0. The van der Waals surface area contributed by atoms with Crippen LogP contribution < -0.4 is 5.32 Å².